The number of fused-ring (bicyclic) bond motifs is 1. The van der Waals surface area contributed by atoms with E-state index in [1.807, 2.05) is 19.9 Å². The molecule has 1 amide bonds. The van der Waals surface area contributed by atoms with E-state index < -0.39 is 16.1 Å². The van der Waals surface area contributed by atoms with Gasteiger partial charge in [-0.15, -0.1) is 0 Å². The summed E-state index contributed by atoms with van der Waals surface area (Å²) in [7, 11) is -3.85. The Kier molecular flexibility index (Phi) is 5.23. The van der Waals surface area contributed by atoms with Crippen LogP contribution < -0.4 is 9.04 Å². The highest BCUT2D eigenvalue weighted by Crippen LogP contribution is 2.38. The highest BCUT2D eigenvalue weighted by molar-refractivity contribution is 7.92. The molecule has 29 heavy (non-hydrogen) atoms. The van der Waals surface area contributed by atoms with E-state index in [0.29, 0.717) is 37.7 Å². The fourth-order valence-electron chi connectivity index (χ4n) is 3.54. The maximum absolute atomic E-state index is 13.4. The van der Waals surface area contributed by atoms with Gasteiger partial charge in [0, 0.05) is 13.1 Å². The standard InChI is InChI=1S/C21H24N2O5S/c1-15-3-6-17(7-4-15)29(25,26)23-14-20(21(24)22-9-11-27-12-10-22)28-19-8-5-16(2)13-18(19)23/h3-8,13,20H,9-12,14H2,1-2H3. The van der Waals surface area contributed by atoms with Crippen LogP contribution in [0.4, 0.5) is 5.69 Å². The van der Waals surface area contributed by atoms with Crippen molar-refractivity contribution in [2.24, 2.45) is 0 Å². The van der Waals surface area contributed by atoms with E-state index in [1.54, 1.807) is 41.3 Å². The summed E-state index contributed by atoms with van der Waals surface area (Å²) in [5, 5.41) is 0. The number of hydrogen-bond acceptors (Lipinski definition) is 5. The van der Waals surface area contributed by atoms with Gasteiger partial charge in [-0.05, 0) is 43.7 Å². The number of anilines is 1. The molecule has 2 heterocycles. The molecule has 1 atom stereocenters. The summed E-state index contributed by atoms with van der Waals surface area (Å²) < 4.78 is 39.4. The van der Waals surface area contributed by atoms with Crippen molar-refractivity contribution in [1.29, 1.82) is 0 Å². The zero-order valence-corrected chi connectivity index (χ0v) is 17.3. The molecular formula is C21H24N2O5S. The molecule has 2 aromatic carbocycles. The number of hydrogen-bond donors (Lipinski definition) is 0. The second-order valence-corrected chi connectivity index (χ2v) is 9.23. The number of nitrogens with zero attached hydrogens (tertiary/aromatic N) is 2. The van der Waals surface area contributed by atoms with Crippen LogP contribution in [-0.2, 0) is 19.6 Å². The molecule has 4 rings (SSSR count). The Bertz CT molecular complexity index is 1010. The van der Waals surface area contributed by atoms with Crippen LogP contribution in [0.1, 0.15) is 11.1 Å². The number of amides is 1. The summed E-state index contributed by atoms with van der Waals surface area (Å²) in [5.74, 6) is 0.174. The topological polar surface area (TPSA) is 76.2 Å². The van der Waals surface area contributed by atoms with Crippen molar-refractivity contribution in [3.63, 3.8) is 0 Å². The zero-order chi connectivity index (χ0) is 20.6. The van der Waals surface area contributed by atoms with E-state index in [0.717, 1.165) is 11.1 Å². The summed E-state index contributed by atoms with van der Waals surface area (Å²) in [5.41, 5.74) is 2.34. The first-order chi connectivity index (χ1) is 13.9. The summed E-state index contributed by atoms with van der Waals surface area (Å²) >= 11 is 0. The van der Waals surface area contributed by atoms with Crippen LogP contribution in [-0.4, -0.2) is 58.2 Å². The van der Waals surface area contributed by atoms with Gasteiger partial charge in [0.05, 0.1) is 30.3 Å². The Labute approximate surface area is 170 Å². The Hall–Kier alpha value is -2.58. The predicted molar refractivity (Wildman–Crippen MR) is 109 cm³/mol. The molecule has 1 fully saturated rings. The molecule has 0 aliphatic carbocycles. The Balaban J connectivity index is 1.72. The van der Waals surface area contributed by atoms with Crippen molar-refractivity contribution < 1.29 is 22.7 Å². The molecule has 0 bridgehead atoms. The third-order valence-electron chi connectivity index (χ3n) is 5.19. The van der Waals surface area contributed by atoms with Gasteiger partial charge in [-0.1, -0.05) is 23.8 Å². The van der Waals surface area contributed by atoms with Gasteiger partial charge in [-0.25, -0.2) is 8.42 Å². The van der Waals surface area contributed by atoms with Crippen LogP contribution in [0.25, 0.3) is 0 Å². The van der Waals surface area contributed by atoms with E-state index in [9.17, 15) is 13.2 Å². The van der Waals surface area contributed by atoms with Crippen LogP contribution in [0.5, 0.6) is 5.75 Å². The average Bonchev–Trinajstić information content (AvgIpc) is 2.73. The number of rotatable bonds is 3. The van der Waals surface area contributed by atoms with Crippen LogP contribution in [0, 0.1) is 13.8 Å². The van der Waals surface area contributed by atoms with Crippen LogP contribution in [0.15, 0.2) is 47.4 Å². The first-order valence-electron chi connectivity index (χ1n) is 9.59. The summed E-state index contributed by atoms with van der Waals surface area (Å²) in [6.45, 7) is 5.62. The number of carbonyl (C=O) groups excluding carboxylic acids is 1. The van der Waals surface area contributed by atoms with Gasteiger partial charge in [-0.3, -0.25) is 9.10 Å². The first kappa shape index (κ1) is 19.7. The van der Waals surface area contributed by atoms with E-state index in [4.69, 9.17) is 9.47 Å². The van der Waals surface area contributed by atoms with Gasteiger partial charge < -0.3 is 14.4 Å². The number of aryl methyl sites for hydroxylation is 2. The van der Waals surface area contributed by atoms with Crippen LogP contribution >= 0.6 is 0 Å². The van der Waals surface area contributed by atoms with Crippen molar-refractivity contribution in [3.05, 3.63) is 53.6 Å². The number of sulfonamides is 1. The van der Waals surface area contributed by atoms with Crippen molar-refractivity contribution in [3.8, 4) is 5.75 Å². The van der Waals surface area contributed by atoms with Gasteiger partial charge in [-0.2, -0.15) is 0 Å². The second-order valence-electron chi connectivity index (χ2n) is 7.36. The van der Waals surface area contributed by atoms with Gasteiger partial charge in [0.2, 0.25) is 0 Å². The fourth-order valence-corrected chi connectivity index (χ4v) is 5.01. The van der Waals surface area contributed by atoms with Crippen molar-refractivity contribution >= 4 is 21.6 Å². The first-order valence-corrected chi connectivity index (χ1v) is 11.0. The summed E-state index contributed by atoms with van der Waals surface area (Å²) in [6.07, 6.45) is -0.900. The molecule has 2 aromatic rings. The minimum atomic E-state index is -3.85. The number of benzene rings is 2. The monoisotopic (exact) mass is 416 g/mol. The third kappa shape index (κ3) is 3.82. The van der Waals surface area contributed by atoms with Crippen molar-refractivity contribution in [2.75, 3.05) is 37.2 Å². The van der Waals surface area contributed by atoms with Crippen molar-refractivity contribution in [1.82, 2.24) is 4.90 Å². The zero-order valence-electron chi connectivity index (χ0n) is 16.5. The minimum absolute atomic E-state index is 0.0666. The number of carbonyl (C=O) groups is 1. The molecule has 2 aliphatic heterocycles. The molecule has 2 aliphatic rings. The maximum Gasteiger partial charge on any atom is 0.265 e. The van der Waals surface area contributed by atoms with Gasteiger partial charge in [0.1, 0.15) is 5.75 Å². The maximum atomic E-state index is 13.4. The van der Waals surface area contributed by atoms with E-state index >= 15 is 0 Å². The lowest BCUT2D eigenvalue weighted by atomic mass is 10.1. The summed E-state index contributed by atoms with van der Waals surface area (Å²) in [4.78, 5) is 14.9. The SMILES string of the molecule is Cc1ccc(S(=O)(=O)N2CC(C(=O)N3CCOCC3)Oc3ccc(C)cc32)cc1. The van der Waals surface area contributed by atoms with Gasteiger partial charge >= 0.3 is 0 Å². The lowest BCUT2D eigenvalue weighted by Gasteiger charge is -2.37. The van der Waals surface area contributed by atoms with E-state index in [1.165, 1.54) is 4.31 Å². The molecule has 0 aromatic heterocycles. The molecule has 0 N–H and O–H groups in total. The van der Waals surface area contributed by atoms with Crippen LogP contribution in [0.2, 0.25) is 0 Å². The molecule has 1 saturated heterocycles. The summed E-state index contributed by atoms with van der Waals surface area (Å²) in [6, 6.07) is 12.1. The highest BCUT2D eigenvalue weighted by Gasteiger charge is 2.39. The Morgan fingerprint density at radius 1 is 1.00 bits per heavy atom. The molecule has 0 saturated carbocycles. The molecule has 0 spiro atoms. The van der Waals surface area contributed by atoms with E-state index in [-0.39, 0.29) is 17.3 Å². The molecular weight excluding hydrogens is 392 g/mol. The Morgan fingerprint density at radius 2 is 1.66 bits per heavy atom. The van der Waals surface area contributed by atoms with Crippen molar-refractivity contribution in [2.45, 2.75) is 24.8 Å². The highest BCUT2D eigenvalue weighted by atomic mass is 32.2. The normalized spacial score (nSPS) is 19.4. The van der Waals surface area contributed by atoms with Gasteiger partial charge in [0.25, 0.3) is 15.9 Å². The lowest BCUT2D eigenvalue weighted by Crippen LogP contribution is -2.54. The Morgan fingerprint density at radius 3 is 2.34 bits per heavy atom. The lowest BCUT2D eigenvalue weighted by molar-refractivity contribution is -0.142. The predicted octanol–water partition coefficient (Wildman–Crippen LogP) is 2.12. The van der Waals surface area contributed by atoms with Crippen LogP contribution in [0.3, 0.4) is 0 Å². The third-order valence-corrected chi connectivity index (χ3v) is 6.99. The molecule has 154 valence electrons. The molecule has 0 radical (unpaired) electrons. The molecule has 8 heteroatoms. The van der Waals surface area contributed by atoms with Gasteiger partial charge in [0.15, 0.2) is 6.10 Å². The average molecular weight is 416 g/mol. The number of morpholine rings is 1. The molecule has 1 unspecified atom stereocenters. The smallest absolute Gasteiger partial charge is 0.265 e. The van der Waals surface area contributed by atoms with E-state index in [2.05, 4.69) is 0 Å². The largest absolute Gasteiger partial charge is 0.476 e. The number of ether oxygens (including phenoxy) is 2. The quantitative estimate of drug-likeness (QED) is 0.766. The minimum Gasteiger partial charge on any atom is -0.476 e. The fraction of sp³-hybridized carbons (Fsp3) is 0.381. The second kappa shape index (κ2) is 7.68. The molecule has 7 nitrogen and oxygen atoms in total.